The van der Waals surface area contributed by atoms with E-state index in [1.807, 2.05) is 59.3 Å². The number of hydrogen-bond donors (Lipinski definition) is 1. The molecule has 0 aliphatic carbocycles. The zero-order valence-corrected chi connectivity index (χ0v) is 19.2. The summed E-state index contributed by atoms with van der Waals surface area (Å²) in [7, 11) is -3.43. The fourth-order valence-corrected chi connectivity index (χ4v) is 5.13. The monoisotopic (exact) mass is 476 g/mol. The third-order valence-electron chi connectivity index (χ3n) is 5.96. The van der Waals surface area contributed by atoms with Crippen molar-refractivity contribution in [3.05, 3.63) is 72.9 Å². The highest BCUT2D eigenvalue weighted by Gasteiger charge is 2.29. The van der Waals surface area contributed by atoms with Gasteiger partial charge in [0.2, 0.25) is 10.0 Å². The fraction of sp³-hybridized carbons (Fsp3) is 0.208. The van der Waals surface area contributed by atoms with Crippen LogP contribution in [0.3, 0.4) is 0 Å². The van der Waals surface area contributed by atoms with Gasteiger partial charge in [-0.25, -0.2) is 23.1 Å². The van der Waals surface area contributed by atoms with Gasteiger partial charge in [-0.3, -0.25) is 0 Å². The Morgan fingerprint density at radius 2 is 1.68 bits per heavy atom. The Labute approximate surface area is 197 Å². The van der Waals surface area contributed by atoms with Crippen LogP contribution in [0.15, 0.2) is 72.9 Å². The molecule has 0 saturated carbocycles. The maximum atomic E-state index is 12.1. The average Bonchev–Trinajstić information content (AvgIpc) is 3.26. The number of hydrogen-bond acceptors (Lipinski definition) is 7. The van der Waals surface area contributed by atoms with Crippen LogP contribution in [0.5, 0.6) is 11.5 Å². The minimum atomic E-state index is -3.43. The predicted molar refractivity (Wildman–Crippen MR) is 131 cm³/mol. The second kappa shape index (κ2) is 8.88. The van der Waals surface area contributed by atoms with E-state index in [-0.39, 0.29) is 6.04 Å². The summed E-state index contributed by atoms with van der Waals surface area (Å²) in [5, 5.41) is 6.55. The quantitative estimate of drug-likeness (QED) is 0.447. The van der Waals surface area contributed by atoms with Crippen molar-refractivity contribution in [2.75, 3.05) is 18.8 Å². The molecule has 174 valence electrons. The molecule has 0 amide bonds. The van der Waals surface area contributed by atoms with E-state index in [0.29, 0.717) is 54.2 Å². The first-order valence-corrected chi connectivity index (χ1v) is 12.4. The van der Waals surface area contributed by atoms with Crippen LogP contribution in [0.4, 0.5) is 5.82 Å². The van der Waals surface area contributed by atoms with Crippen LogP contribution in [0.1, 0.15) is 18.9 Å². The molecule has 2 aromatic heterocycles. The number of sulfonamides is 1. The number of nitrogens with two attached hydrogens (primary N) is 1. The van der Waals surface area contributed by atoms with Crippen LogP contribution < -0.4 is 10.5 Å². The minimum absolute atomic E-state index is 0.0116. The molecule has 5 rings (SSSR count). The van der Waals surface area contributed by atoms with E-state index < -0.39 is 10.0 Å². The van der Waals surface area contributed by atoms with Crippen molar-refractivity contribution in [2.45, 2.75) is 18.9 Å². The lowest BCUT2D eigenvalue weighted by atomic mass is 10.1. The summed E-state index contributed by atoms with van der Waals surface area (Å²) in [4.78, 5) is 8.63. The SMILES string of the molecule is C=CS(=O)(=O)N1CCC(n2nc(-c3ccc(Oc4ccccc4)cc3)c3c(N)ncnc32)CC1. The largest absolute Gasteiger partial charge is 0.457 e. The van der Waals surface area contributed by atoms with Gasteiger partial charge in [0.25, 0.3) is 0 Å². The first-order chi connectivity index (χ1) is 16.5. The van der Waals surface area contributed by atoms with Gasteiger partial charge in [0.15, 0.2) is 5.65 Å². The molecule has 34 heavy (non-hydrogen) atoms. The van der Waals surface area contributed by atoms with Crippen molar-refractivity contribution in [2.24, 2.45) is 0 Å². The number of fused-ring (bicyclic) bond motifs is 1. The summed E-state index contributed by atoms with van der Waals surface area (Å²) in [6.45, 7) is 4.20. The van der Waals surface area contributed by atoms with E-state index in [0.717, 1.165) is 16.7 Å². The van der Waals surface area contributed by atoms with Crippen molar-refractivity contribution >= 4 is 26.9 Å². The standard InChI is InChI=1S/C24H24N6O3S/c1-2-34(31,32)29-14-12-18(13-15-29)30-24-21(23(25)26-16-27-24)22(28-30)17-8-10-20(11-9-17)33-19-6-4-3-5-7-19/h2-11,16,18H,1,12-15H2,(H2,25,26,27). The number of para-hydroxylation sites is 1. The Bertz CT molecular complexity index is 1430. The molecule has 9 nitrogen and oxygen atoms in total. The summed E-state index contributed by atoms with van der Waals surface area (Å²) in [5.41, 5.74) is 8.41. The van der Waals surface area contributed by atoms with Gasteiger partial charge in [-0.15, -0.1) is 0 Å². The Morgan fingerprint density at radius 1 is 1.00 bits per heavy atom. The highest BCUT2D eigenvalue weighted by atomic mass is 32.2. The van der Waals surface area contributed by atoms with Gasteiger partial charge in [0, 0.05) is 24.1 Å². The van der Waals surface area contributed by atoms with E-state index in [2.05, 4.69) is 16.5 Å². The van der Waals surface area contributed by atoms with E-state index >= 15 is 0 Å². The summed E-state index contributed by atoms with van der Waals surface area (Å²) in [5.74, 6) is 1.81. The van der Waals surface area contributed by atoms with Crippen molar-refractivity contribution < 1.29 is 13.2 Å². The molecule has 2 N–H and O–H groups in total. The Hall–Kier alpha value is -3.76. The van der Waals surface area contributed by atoms with Crippen LogP contribution >= 0.6 is 0 Å². The lowest BCUT2D eigenvalue weighted by molar-refractivity contribution is 0.267. The number of anilines is 1. The van der Waals surface area contributed by atoms with E-state index in [1.54, 1.807) is 0 Å². The van der Waals surface area contributed by atoms with E-state index in [4.69, 9.17) is 15.6 Å². The van der Waals surface area contributed by atoms with Gasteiger partial charge in [-0.1, -0.05) is 24.8 Å². The average molecular weight is 477 g/mol. The molecule has 10 heteroatoms. The highest BCUT2D eigenvalue weighted by Crippen LogP contribution is 2.35. The molecule has 0 atom stereocenters. The van der Waals surface area contributed by atoms with Gasteiger partial charge in [-0.05, 0) is 49.2 Å². The van der Waals surface area contributed by atoms with Crippen LogP contribution in [-0.4, -0.2) is 45.6 Å². The molecule has 0 radical (unpaired) electrons. The van der Waals surface area contributed by atoms with Gasteiger partial charge >= 0.3 is 0 Å². The van der Waals surface area contributed by atoms with Crippen LogP contribution in [0.25, 0.3) is 22.3 Å². The minimum Gasteiger partial charge on any atom is -0.457 e. The molecule has 1 fully saturated rings. The zero-order valence-electron chi connectivity index (χ0n) is 18.4. The Kier molecular flexibility index (Phi) is 5.76. The first kappa shape index (κ1) is 22.1. The molecule has 0 unspecified atom stereocenters. The lowest BCUT2D eigenvalue weighted by Crippen LogP contribution is -2.38. The summed E-state index contributed by atoms with van der Waals surface area (Å²) in [6.07, 6.45) is 2.64. The number of benzene rings is 2. The normalized spacial score (nSPS) is 15.4. The van der Waals surface area contributed by atoms with Gasteiger partial charge < -0.3 is 10.5 Å². The third kappa shape index (κ3) is 4.13. The number of nitrogens with zero attached hydrogens (tertiary/aromatic N) is 5. The third-order valence-corrected chi connectivity index (χ3v) is 7.47. The van der Waals surface area contributed by atoms with Gasteiger partial charge in [-0.2, -0.15) is 9.40 Å². The molecule has 1 saturated heterocycles. The molecule has 0 spiro atoms. The molecular weight excluding hydrogens is 452 g/mol. The Morgan fingerprint density at radius 3 is 2.35 bits per heavy atom. The maximum absolute atomic E-state index is 12.1. The zero-order chi connectivity index (χ0) is 23.7. The molecule has 1 aliphatic heterocycles. The summed E-state index contributed by atoms with van der Waals surface area (Å²) >= 11 is 0. The van der Waals surface area contributed by atoms with E-state index in [9.17, 15) is 8.42 Å². The summed E-state index contributed by atoms with van der Waals surface area (Å²) < 4.78 is 33.4. The van der Waals surface area contributed by atoms with Gasteiger partial charge in [0.1, 0.15) is 29.3 Å². The second-order valence-corrected chi connectivity index (χ2v) is 9.91. The number of rotatable bonds is 6. The molecule has 3 heterocycles. The fourth-order valence-electron chi connectivity index (χ4n) is 4.20. The molecular formula is C24H24N6O3S. The van der Waals surface area contributed by atoms with Crippen molar-refractivity contribution in [1.82, 2.24) is 24.1 Å². The number of nitrogen functional groups attached to an aromatic ring is 1. The molecule has 0 bridgehead atoms. The topological polar surface area (TPSA) is 116 Å². The number of ether oxygens (including phenoxy) is 1. The first-order valence-electron chi connectivity index (χ1n) is 10.9. The smallest absolute Gasteiger partial charge is 0.235 e. The van der Waals surface area contributed by atoms with Crippen molar-refractivity contribution in [3.8, 4) is 22.8 Å². The Balaban J connectivity index is 1.46. The molecule has 4 aromatic rings. The molecule has 1 aliphatic rings. The van der Waals surface area contributed by atoms with Crippen molar-refractivity contribution in [1.29, 1.82) is 0 Å². The summed E-state index contributed by atoms with van der Waals surface area (Å²) in [6, 6.07) is 17.2. The predicted octanol–water partition coefficient (Wildman–Crippen LogP) is 3.98. The number of piperidine rings is 1. The van der Waals surface area contributed by atoms with Crippen LogP contribution in [-0.2, 0) is 10.0 Å². The molecule has 2 aromatic carbocycles. The maximum Gasteiger partial charge on any atom is 0.235 e. The van der Waals surface area contributed by atoms with Crippen molar-refractivity contribution in [3.63, 3.8) is 0 Å². The lowest BCUT2D eigenvalue weighted by Gasteiger charge is -2.30. The van der Waals surface area contributed by atoms with E-state index in [1.165, 1.54) is 10.6 Å². The van der Waals surface area contributed by atoms with Gasteiger partial charge in [0.05, 0.1) is 11.4 Å². The second-order valence-electron chi connectivity index (χ2n) is 8.03. The van der Waals surface area contributed by atoms with Crippen LogP contribution in [0.2, 0.25) is 0 Å². The number of aromatic nitrogens is 4. The van der Waals surface area contributed by atoms with Crippen LogP contribution in [0, 0.1) is 0 Å². The highest BCUT2D eigenvalue weighted by molar-refractivity contribution is 7.92.